The van der Waals surface area contributed by atoms with Gasteiger partial charge < -0.3 is 14.8 Å². The predicted octanol–water partition coefficient (Wildman–Crippen LogP) is 2.24. The van der Waals surface area contributed by atoms with Gasteiger partial charge in [0.1, 0.15) is 17.9 Å². The summed E-state index contributed by atoms with van der Waals surface area (Å²) in [6.07, 6.45) is -4.52. The number of halogens is 3. The first-order valence-corrected chi connectivity index (χ1v) is 5.81. The van der Waals surface area contributed by atoms with Gasteiger partial charge in [-0.15, -0.1) is 0 Å². The van der Waals surface area contributed by atoms with E-state index in [4.69, 9.17) is 4.74 Å². The number of methoxy groups -OCH3 is 1. The first kappa shape index (κ1) is 16.3. The highest BCUT2D eigenvalue weighted by molar-refractivity contribution is 5.80. The highest BCUT2D eigenvalue weighted by atomic mass is 19.4. The molecule has 1 unspecified atom stereocenters. The Bertz CT molecular complexity index is 476. The maximum Gasteiger partial charge on any atom is 0.419 e. The highest BCUT2D eigenvalue weighted by Gasteiger charge is 2.37. The molecule has 1 atom stereocenters. The number of benzene rings is 1. The van der Waals surface area contributed by atoms with Crippen LogP contribution in [0.4, 0.5) is 13.2 Å². The largest absolute Gasteiger partial charge is 0.490 e. The summed E-state index contributed by atoms with van der Waals surface area (Å²) in [6.45, 7) is 1.19. The summed E-state index contributed by atoms with van der Waals surface area (Å²) in [5.74, 6) is -0.949. The van der Waals surface area contributed by atoms with Crippen LogP contribution < -0.4 is 10.1 Å². The summed E-state index contributed by atoms with van der Waals surface area (Å²) >= 11 is 0. The van der Waals surface area contributed by atoms with Crippen LogP contribution in [0.2, 0.25) is 0 Å². The molecule has 0 aliphatic rings. The minimum absolute atomic E-state index is 0.288. The highest BCUT2D eigenvalue weighted by Crippen LogP contribution is 2.36. The van der Waals surface area contributed by atoms with Crippen LogP contribution >= 0.6 is 0 Å². The average Bonchev–Trinajstić information content (AvgIpc) is 2.43. The Morgan fingerprint density at radius 3 is 2.40 bits per heavy atom. The maximum atomic E-state index is 12.8. The van der Waals surface area contributed by atoms with Crippen LogP contribution in [0, 0.1) is 0 Å². The summed E-state index contributed by atoms with van der Waals surface area (Å²) in [6, 6.07) is 4.83. The third-order valence-corrected chi connectivity index (χ3v) is 2.90. The van der Waals surface area contributed by atoms with Crippen molar-refractivity contribution >= 4 is 5.97 Å². The van der Waals surface area contributed by atoms with Gasteiger partial charge in [-0.05, 0) is 26.1 Å². The molecule has 0 aliphatic carbocycles. The molecular formula is C13H16F3NO3. The van der Waals surface area contributed by atoms with Gasteiger partial charge in [-0.2, -0.15) is 13.2 Å². The van der Waals surface area contributed by atoms with Gasteiger partial charge in [-0.3, -0.25) is 0 Å². The quantitative estimate of drug-likeness (QED) is 0.845. The second-order valence-electron chi connectivity index (χ2n) is 4.36. The Kier molecular flexibility index (Phi) is 4.99. The minimum atomic E-state index is -4.52. The van der Waals surface area contributed by atoms with Crippen LogP contribution in [-0.2, 0) is 15.7 Å². The van der Waals surface area contributed by atoms with E-state index < -0.39 is 23.2 Å². The van der Waals surface area contributed by atoms with Gasteiger partial charge >= 0.3 is 12.1 Å². The molecule has 7 heteroatoms. The number of rotatable bonds is 5. The first-order chi connectivity index (χ1) is 9.24. The molecule has 0 aromatic heterocycles. The number of nitrogens with one attached hydrogen (secondary N) is 1. The zero-order valence-corrected chi connectivity index (χ0v) is 11.4. The van der Waals surface area contributed by atoms with Crippen LogP contribution in [0.5, 0.6) is 5.75 Å². The fourth-order valence-electron chi connectivity index (χ4n) is 1.51. The van der Waals surface area contributed by atoms with Crippen molar-refractivity contribution in [1.29, 1.82) is 0 Å². The molecule has 0 saturated carbocycles. The molecule has 0 fully saturated rings. The van der Waals surface area contributed by atoms with Crippen LogP contribution in [0.1, 0.15) is 12.5 Å². The van der Waals surface area contributed by atoms with Gasteiger partial charge in [-0.1, -0.05) is 12.1 Å². The Morgan fingerprint density at radius 1 is 1.30 bits per heavy atom. The van der Waals surface area contributed by atoms with E-state index in [1.54, 1.807) is 0 Å². The number of hydrogen-bond acceptors (Lipinski definition) is 4. The molecule has 0 heterocycles. The second kappa shape index (κ2) is 6.13. The third kappa shape index (κ3) is 3.63. The molecule has 0 saturated heterocycles. The molecule has 1 rings (SSSR count). The van der Waals surface area contributed by atoms with Gasteiger partial charge in [0.15, 0.2) is 0 Å². The number of para-hydroxylation sites is 1. The number of alkyl halides is 3. The van der Waals surface area contributed by atoms with Crippen molar-refractivity contribution in [2.75, 3.05) is 20.8 Å². The molecule has 4 nitrogen and oxygen atoms in total. The summed E-state index contributed by atoms with van der Waals surface area (Å²) in [5.41, 5.74) is -2.11. The molecule has 0 spiro atoms. The normalized spacial score (nSPS) is 14.5. The minimum Gasteiger partial charge on any atom is -0.490 e. The fraction of sp³-hybridized carbons (Fsp3) is 0.462. The Hall–Kier alpha value is -1.76. The predicted molar refractivity (Wildman–Crippen MR) is 66.4 cm³/mol. The van der Waals surface area contributed by atoms with Crippen LogP contribution in [0.25, 0.3) is 0 Å². The van der Waals surface area contributed by atoms with Crippen molar-refractivity contribution in [3.05, 3.63) is 29.8 Å². The maximum absolute atomic E-state index is 12.8. The summed E-state index contributed by atoms with van der Waals surface area (Å²) in [5, 5.41) is 2.68. The lowest BCUT2D eigenvalue weighted by molar-refractivity contribution is -0.149. The molecule has 0 amide bonds. The lowest BCUT2D eigenvalue weighted by Gasteiger charge is -2.26. The van der Waals surface area contributed by atoms with Crippen LogP contribution in [0.3, 0.4) is 0 Å². The molecular weight excluding hydrogens is 275 g/mol. The molecule has 0 aliphatic heterocycles. The van der Waals surface area contributed by atoms with Crippen molar-refractivity contribution in [3.8, 4) is 5.75 Å². The van der Waals surface area contributed by atoms with Crippen LogP contribution in [0.15, 0.2) is 24.3 Å². The number of esters is 1. The Labute approximate surface area is 114 Å². The average molecular weight is 291 g/mol. The number of carbonyl (C=O) groups excluding carboxylic acids is 1. The fourth-order valence-corrected chi connectivity index (χ4v) is 1.51. The van der Waals surface area contributed by atoms with Crippen molar-refractivity contribution in [2.45, 2.75) is 18.6 Å². The molecule has 112 valence electrons. The van der Waals surface area contributed by atoms with E-state index in [1.165, 1.54) is 39.3 Å². The van der Waals surface area contributed by atoms with E-state index >= 15 is 0 Å². The third-order valence-electron chi connectivity index (χ3n) is 2.90. The molecule has 1 N–H and O–H groups in total. The molecule has 20 heavy (non-hydrogen) atoms. The molecule has 1 aromatic rings. The van der Waals surface area contributed by atoms with E-state index in [0.717, 1.165) is 6.07 Å². The number of hydrogen-bond donors (Lipinski definition) is 1. The lowest BCUT2D eigenvalue weighted by atomic mass is 10.0. The smallest absolute Gasteiger partial charge is 0.419 e. The summed E-state index contributed by atoms with van der Waals surface area (Å²) in [4.78, 5) is 11.6. The van der Waals surface area contributed by atoms with E-state index in [0.29, 0.717) is 0 Å². The summed E-state index contributed by atoms with van der Waals surface area (Å²) in [7, 11) is 2.69. The Morgan fingerprint density at radius 2 is 1.90 bits per heavy atom. The number of likely N-dealkylation sites (N-methyl/N-ethyl adjacent to an activating group) is 1. The van der Waals surface area contributed by atoms with Crippen molar-refractivity contribution in [2.24, 2.45) is 0 Å². The first-order valence-electron chi connectivity index (χ1n) is 5.81. The number of ether oxygens (including phenoxy) is 2. The van der Waals surface area contributed by atoms with Crippen molar-refractivity contribution < 1.29 is 27.4 Å². The zero-order valence-electron chi connectivity index (χ0n) is 11.4. The SMILES string of the molecule is CNC(C)(COc1ccccc1C(F)(F)F)C(=O)OC. The van der Waals surface area contributed by atoms with E-state index in [-0.39, 0.29) is 12.4 Å². The van der Waals surface area contributed by atoms with Crippen molar-refractivity contribution in [1.82, 2.24) is 5.32 Å². The molecule has 0 radical (unpaired) electrons. The van der Waals surface area contributed by atoms with Crippen molar-refractivity contribution in [3.63, 3.8) is 0 Å². The van der Waals surface area contributed by atoms with E-state index in [2.05, 4.69) is 10.1 Å². The van der Waals surface area contributed by atoms with E-state index in [9.17, 15) is 18.0 Å². The molecule has 0 bridgehead atoms. The van der Waals surface area contributed by atoms with Gasteiger partial charge in [0.05, 0.1) is 12.7 Å². The summed E-state index contributed by atoms with van der Waals surface area (Å²) < 4.78 is 48.1. The Balaban J connectivity index is 2.93. The topological polar surface area (TPSA) is 47.6 Å². The monoisotopic (exact) mass is 291 g/mol. The van der Waals surface area contributed by atoms with Gasteiger partial charge in [0.2, 0.25) is 0 Å². The standard InChI is InChI=1S/C13H16F3NO3/c1-12(17-2,11(18)19-3)8-20-10-7-5-4-6-9(10)13(14,15)16/h4-7,17H,8H2,1-3H3. The van der Waals surface area contributed by atoms with Gasteiger partial charge in [0.25, 0.3) is 0 Å². The lowest BCUT2D eigenvalue weighted by Crippen LogP contribution is -2.53. The molecule has 1 aromatic carbocycles. The van der Waals surface area contributed by atoms with Crippen LogP contribution in [-0.4, -0.2) is 32.3 Å². The van der Waals surface area contributed by atoms with E-state index in [1.807, 2.05) is 0 Å². The number of carbonyl (C=O) groups is 1. The second-order valence-corrected chi connectivity index (χ2v) is 4.36. The van der Waals surface area contributed by atoms with Gasteiger partial charge in [-0.25, -0.2) is 4.79 Å². The van der Waals surface area contributed by atoms with Gasteiger partial charge in [0, 0.05) is 0 Å². The zero-order chi connectivity index (χ0) is 15.4.